The van der Waals surface area contributed by atoms with Crippen LogP contribution in [-0.2, 0) is 6.54 Å². The SMILES string of the molecule is CCCNCc1ccncc1OC(C)C. The van der Waals surface area contributed by atoms with Crippen LogP contribution in [0.1, 0.15) is 32.8 Å². The molecule has 1 N–H and O–H groups in total. The van der Waals surface area contributed by atoms with Gasteiger partial charge in [-0.1, -0.05) is 6.92 Å². The first-order valence-electron chi connectivity index (χ1n) is 5.54. The lowest BCUT2D eigenvalue weighted by atomic mass is 10.2. The van der Waals surface area contributed by atoms with Gasteiger partial charge in [-0.25, -0.2) is 0 Å². The molecule has 1 aromatic heterocycles. The van der Waals surface area contributed by atoms with Crippen LogP contribution < -0.4 is 10.1 Å². The van der Waals surface area contributed by atoms with E-state index < -0.39 is 0 Å². The van der Waals surface area contributed by atoms with Gasteiger partial charge in [-0.2, -0.15) is 0 Å². The summed E-state index contributed by atoms with van der Waals surface area (Å²) >= 11 is 0. The van der Waals surface area contributed by atoms with Crippen LogP contribution in [0, 0.1) is 0 Å². The molecule has 0 saturated carbocycles. The summed E-state index contributed by atoms with van der Waals surface area (Å²) < 4.78 is 5.67. The van der Waals surface area contributed by atoms with Crippen LogP contribution in [0.25, 0.3) is 0 Å². The molecule has 0 aromatic carbocycles. The van der Waals surface area contributed by atoms with Crippen molar-refractivity contribution in [3.63, 3.8) is 0 Å². The van der Waals surface area contributed by atoms with E-state index in [0.29, 0.717) is 0 Å². The van der Waals surface area contributed by atoms with Crippen molar-refractivity contribution in [3.8, 4) is 5.75 Å². The topological polar surface area (TPSA) is 34.2 Å². The van der Waals surface area contributed by atoms with Crippen molar-refractivity contribution in [1.29, 1.82) is 0 Å². The predicted octanol–water partition coefficient (Wildman–Crippen LogP) is 2.37. The zero-order valence-corrected chi connectivity index (χ0v) is 9.79. The first kappa shape index (κ1) is 12.0. The van der Waals surface area contributed by atoms with E-state index in [4.69, 9.17) is 4.74 Å². The van der Waals surface area contributed by atoms with E-state index in [2.05, 4.69) is 17.2 Å². The molecule has 0 atom stereocenters. The van der Waals surface area contributed by atoms with Crippen LogP contribution >= 0.6 is 0 Å². The Morgan fingerprint density at radius 1 is 1.47 bits per heavy atom. The molecule has 0 aliphatic carbocycles. The zero-order chi connectivity index (χ0) is 11.1. The molecule has 0 spiro atoms. The number of ether oxygens (including phenoxy) is 1. The third-order valence-electron chi connectivity index (χ3n) is 1.97. The van der Waals surface area contributed by atoms with Crippen LogP contribution in [0.2, 0.25) is 0 Å². The molecule has 3 nitrogen and oxygen atoms in total. The second-order valence-corrected chi connectivity index (χ2v) is 3.83. The van der Waals surface area contributed by atoms with Crippen LogP contribution in [0.3, 0.4) is 0 Å². The lowest BCUT2D eigenvalue weighted by Crippen LogP contribution is -2.16. The average molecular weight is 208 g/mol. The van der Waals surface area contributed by atoms with Crippen molar-refractivity contribution in [3.05, 3.63) is 24.0 Å². The molecule has 0 fully saturated rings. The molecule has 1 rings (SSSR count). The number of rotatable bonds is 6. The van der Waals surface area contributed by atoms with Crippen molar-refractivity contribution in [2.45, 2.75) is 39.8 Å². The Morgan fingerprint density at radius 3 is 2.93 bits per heavy atom. The highest BCUT2D eigenvalue weighted by Gasteiger charge is 2.04. The Bertz CT molecular complexity index is 287. The van der Waals surface area contributed by atoms with Gasteiger partial charge >= 0.3 is 0 Å². The largest absolute Gasteiger partial charge is 0.489 e. The van der Waals surface area contributed by atoms with E-state index in [-0.39, 0.29) is 6.10 Å². The number of pyridine rings is 1. The maximum Gasteiger partial charge on any atom is 0.142 e. The smallest absolute Gasteiger partial charge is 0.142 e. The fraction of sp³-hybridized carbons (Fsp3) is 0.583. The summed E-state index contributed by atoms with van der Waals surface area (Å²) in [6, 6.07) is 2.00. The Balaban J connectivity index is 2.60. The molecule has 0 radical (unpaired) electrons. The third kappa shape index (κ3) is 4.30. The highest BCUT2D eigenvalue weighted by atomic mass is 16.5. The summed E-state index contributed by atoms with van der Waals surface area (Å²) in [6.07, 6.45) is 4.92. The molecule has 0 amide bonds. The lowest BCUT2D eigenvalue weighted by Gasteiger charge is -2.13. The minimum atomic E-state index is 0.194. The van der Waals surface area contributed by atoms with E-state index in [9.17, 15) is 0 Å². The minimum absolute atomic E-state index is 0.194. The molecule has 1 heterocycles. The van der Waals surface area contributed by atoms with Crippen LogP contribution in [-0.4, -0.2) is 17.6 Å². The minimum Gasteiger partial charge on any atom is -0.489 e. The molecular formula is C12H20N2O. The predicted molar refractivity (Wildman–Crippen MR) is 62.0 cm³/mol. The van der Waals surface area contributed by atoms with Crippen molar-refractivity contribution < 1.29 is 4.74 Å². The molecule has 84 valence electrons. The monoisotopic (exact) mass is 208 g/mol. The highest BCUT2D eigenvalue weighted by Crippen LogP contribution is 2.17. The summed E-state index contributed by atoms with van der Waals surface area (Å²) in [7, 11) is 0. The van der Waals surface area contributed by atoms with E-state index >= 15 is 0 Å². The molecular weight excluding hydrogens is 188 g/mol. The Morgan fingerprint density at radius 2 is 2.27 bits per heavy atom. The van der Waals surface area contributed by atoms with E-state index in [1.54, 1.807) is 12.4 Å². The molecule has 15 heavy (non-hydrogen) atoms. The summed E-state index contributed by atoms with van der Waals surface area (Å²) in [5.74, 6) is 0.885. The maximum atomic E-state index is 5.67. The Labute approximate surface area is 91.9 Å². The van der Waals surface area contributed by atoms with Gasteiger partial charge < -0.3 is 10.1 Å². The number of nitrogens with one attached hydrogen (secondary N) is 1. The van der Waals surface area contributed by atoms with Gasteiger partial charge in [0.1, 0.15) is 5.75 Å². The van der Waals surface area contributed by atoms with Crippen LogP contribution in [0.15, 0.2) is 18.5 Å². The quantitative estimate of drug-likeness (QED) is 0.729. The fourth-order valence-corrected chi connectivity index (χ4v) is 1.31. The fourth-order valence-electron chi connectivity index (χ4n) is 1.31. The standard InChI is InChI=1S/C12H20N2O/c1-4-6-13-8-11-5-7-14-9-12(11)15-10(2)3/h5,7,9-10,13H,4,6,8H2,1-3H3. The van der Waals surface area contributed by atoms with Gasteiger partial charge in [0, 0.05) is 18.3 Å². The first-order chi connectivity index (χ1) is 7.24. The zero-order valence-electron chi connectivity index (χ0n) is 9.79. The van der Waals surface area contributed by atoms with Gasteiger partial charge in [-0.05, 0) is 32.9 Å². The summed E-state index contributed by atoms with van der Waals surface area (Å²) in [6.45, 7) is 8.08. The average Bonchev–Trinajstić information content (AvgIpc) is 2.20. The van der Waals surface area contributed by atoms with Crippen LogP contribution in [0.5, 0.6) is 5.75 Å². The Hall–Kier alpha value is -1.09. The third-order valence-corrected chi connectivity index (χ3v) is 1.97. The molecule has 0 aliphatic rings. The summed E-state index contributed by atoms with van der Waals surface area (Å²) in [5.41, 5.74) is 1.17. The van der Waals surface area contributed by atoms with Crippen molar-refractivity contribution >= 4 is 0 Å². The number of aromatic nitrogens is 1. The van der Waals surface area contributed by atoms with Crippen molar-refractivity contribution in [2.75, 3.05) is 6.54 Å². The maximum absolute atomic E-state index is 5.67. The second-order valence-electron chi connectivity index (χ2n) is 3.83. The number of nitrogens with zero attached hydrogens (tertiary/aromatic N) is 1. The van der Waals surface area contributed by atoms with E-state index in [0.717, 1.165) is 25.3 Å². The molecule has 1 aromatic rings. The normalized spacial score (nSPS) is 10.7. The van der Waals surface area contributed by atoms with Gasteiger partial charge in [0.2, 0.25) is 0 Å². The second kappa shape index (κ2) is 6.40. The van der Waals surface area contributed by atoms with E-state index in [1.165, 1.54) is 5.56 Å². The van der Waals surface area contributed by atoms with Crippen LogP contribution in [0.4, 0.5) is 0 Å². The first-order valence-corrected chi connectivity index (χ1v) is 5.54. The van der Waals surface area contributed by atoms with Gasteiger partial charge in [-0.3, -0.25) is 4.98 Å². The molecule has 0 unspecified atom stereocenters. The Kier molecular flexibility index (Phi) is 5.12. The van der Waals surface area contributed by atoms with Crippen molar-refractivity contribution in [2.24, 2.45) is 0 Å². The van der Waals surface area contributed by atoms with Gasteiger partial charge in [-0.15, -0.1) is 0 Å². The number of hydrogen-bond donors (Lipinski definition) is 1. The summed E-state index contributed by atoms with van der Waals surface area (Å²) in [5, 5.41) is 3.36. The summed E-state index contributed by atoms with van der Waals surface area (Å²) in [4.78, 5) is 4.07. The molecule has 0 bridgehead atoms. The molecule has 0 aliphatic heterocycles. The highest BCUT2D eigenvalue weighted by molar-refractivity contribution is 5.29. The van der Waals surface area contributed by atoms with Crippen molar-refractivity contribution in [1.82, 2.24) is 10.3 Å². The van der Waals surface area contributed by atoms with Gasteiger partial charge in [0.05, 0.1) is 12.3 Å². The van der Waals surface area contributed by atoms with Gasteiger partial charge in [0.25, 0.3) is 0 Å². The lowest BCUT2D eigenvalue weighted by molar-refractivity contribution is 0.238. The molecule has 0 saturated heterocycles. The van der Waals surface area contributed by atoms with Gasteiger partial charge in [0.15, 0.2) is 0 Å². The number of hydrogen-bond acceptors (Lipinski definition) is 3. The van der Waals surface area contributed by atoms with E-state index in [1.807, 2.05) is 19.9 Å². The molecule has 3 heteroatoms.